The van der Waals surface area contributed by atoms with E-state index < -0.39 is 16.1 Å². The summed E-state index contributed by atoms with van der Waals surface area (Å²) in [6.07, 6.45) is 0. The SMILES string of the molecule is CC(C)C(=O)O.Cc1ccc(S(=O)(=O)O)cc1. The summed E-state index contributed by atoms with van der Waals surface area (Å²) < 4.78 is 29.6. The van der Waals surface area contributed by atoms with Crippen molar-refractivity contribution in [1.29, 1.82) is 0 Å². The van der Waals surface area contributed by atoms with Gasteiger partial charge in [-0.15, -0.1) is 0 Å². The van der Waals surface area contributed by atoms with Crippen molar-refractivity contribution in [2.45, 2.75) is 25.7 Å². The summed E-state index contributed by atoms with van der Waals surface area (Å²) in [6, 6.07) is 5.99. The zero-order valence-electron chi connectivity index (χ0n) is 9.91. The molecule has 0 spiro atoms. The van der Waals surface area contributed by atoms with Crippen LogP contribution in [0, 0.1) is 12.8 Å². The van der Waals surface area contributed by atoms with Gasteiger partial charge in [-0.3, -0.25) is 9.35 Å². The van der Waals surface area contributed by atoms with Gasteiger partial charge in [0.25, 0.3) is 10.1 Å². The lowest BCUT2D eigenvalue weighted by atomic mass is 10.2. The van der Waals surface area contributed by atoms with Crippen LogP contribution in [-0.4, -0.2) is 24.0 Å². The smallest absolute Gasteiger partial charge is 0.305 e. The Labute approximate surface area is 101 Å². The molecule has 1 aromatic carbocycles. The highest BCUT2D eigenvalue weighted by Gasteiger charge is 2.06. The summed E-state index contributed by atoms with van der Waals surface area (Å²) in [5.41, 5.74) is 0.956. The zero-order chi connectivity index (χ0) is 13.6. The third kappa shape index (κ3) is 6.70. The van der Waals surface area contributed by atoms with Gasteiger partial charge in [0.2, 0.25) is 0 Å². The molecule has 0 unspecified atom stereocenters. The first kappa shape index (κ1) is 15.6. The highest BCUT2D eigenvalue weighted by atomic mass is 32.2. The lowest BCUT2D eigenvalue weighted by Crippen LogP contribution is -2.03. The number of benzene rings is 1. The van der Waals surface area contributed by atoms with Crippen LogP contribution in [0.25, 0.3) is 0 Å². The van der Waals surface area contributed by atoms with E-state index in [-0.39, 0.29) is 10.8 Å². The van der Waals surface area contributed by atoms with Gasteiger partial charge in [0.05, 0.1) is 10.8 Å². The first-order chi connectivity index (χ1) is 7.64. The average molecular weight is 260 g/mol. The Morgan fingerprint density at radius 2 is 1.53 bits per heavy atom. The van der Waals surface area contributed by atoms with E-state index in [0.717, 1.165) is 5.56 Å². The molecule has 1 rings (SSSR count). The topological polar surface area (TPSA) is 91.7 Å². The molecule has 0 amide bonds. The van der Waals surface area contributed by atoms with Gasteiger partial charge in [-0.1, -0.05) is 31.5 Å². The predicted molar refractivity (Wildman–Crippen MR) is 63.5 cm³/mol. The van der Waals surface area contributed by atoms with E-state index >= 15 is 0 Å². The Hall–Kier alpha value is -1.40. The molecule has 0 saturated carbocycles. The second-order valence-corrected chi connectivity index (χ2v) is 5.20. The van der Waals surface area contributed by atoms with E-state index in [1.165, 1.54) is 12.1 Å². The molecule has 0 atom stereocenters. The van der Waals surface area contributed by atoms with Crippen molar-refractivity contribution in [3.8, 4) is 0 Å². The maximum absolute atomic E-state index is 10.5. The summed E-state index contributed by atoms with van der Waals surface area (Å²) in [4.78, 5) is 9.63. The van der Waals surface area contributed by atoms with Crippen LogP contribution in [0.5, 0.6) is 0 Å². The molecule has 0 radical (unpaired) electrons. The van der Waals surface area contributed by atoms with Gasteiger partial charge in [0.1, 0.15) is 0 Å². The van der Waals surface area contributed by atoms with Gasteiger partial charge in [-0.05, 0) is 19.1 Å². The molecule has 0 bridgehead atoms. The first-order valence-electron chi connectivity index (χ1n) is 4.91. The lowest BCUT2D eigenvalue weighted by molar-refractivity contribution is -0.140. The molecule has 0 fully saturated rings. The minimum Gasteiger partial charge on any atom is -0.481 e. The maximum atomic E-state index is 10.5. The zero-order valence-corrected chi connectivity index (χ0v) is 10.7. The standard InChI is InChI=1S/C7H8O3S.C4H8O2/c1-6-2-4-7(5-3-6)11(8,9)10;1-3(2)4(5)6/h2-5H,1H3,(H,8,9,10);3H,1-2H3,(H,5,6). The van der Waals surface area contributed by atoms with Crippen LogP contribution < -0.4 is 0 Å². The van der Waals surface area contributed by atoms with E-state index in [1.807, 2.05) is 6.92 Å². The maximum Gasteiger partial charge on any atom is 0.305 e. The summed E-state index contributed by atoms with van der Waals surface area (Å²) in [5.74, 6) is -0.972. The van der Waals surface area contributed by atoms with Crippen molar-refractivity contribution >= 4 is 16.1 Å². The monoisotopic (exact) mass is 260 g/mol. The van der Waals surface area contributed by atoms with Crippen LogP contribution in [-0.2, 0) is 14.9 Å². The predicted octanol–water partition coefficient (Wildman–Crippen LogP) is 1.97. The number of hydrogen-bond acceptors (Lipinski definition) is 3. The number of carboxylic acid groups (broad SMARTS) is 1. The normalized spacial score (nSPS) is 10.6. The molecule has 96 valence electrons. The largest absolute Gasteiger partial charge is 0.481 e. The molecule has 0 aliphatic carbocycles. The third-order valence-electron chi connectivity index (χ3n) is 1.81. The van der Waals surface area contributed by atoms with Gasteiger partial charge >= 0.3 is 5.97 Å². The fourth-order valence-corrected chi connectivity index (χ4v) is 1.19. The van der Waals surface area contributed by atoms with Gasteiger partial charge < -0.3 is 5.11 Å². The highest BCUT2D eigenvalue weighted by Crippen LogP contribution is 2.08. The summed E-state index contributed by atoms with van der Waals surface area (Å²) in [5, 5.41) is 7.99. The molecule has 0 aliphatic rings. The quantitative estimate of drug-likeness (QED) is 0.793. The number of hydrogen-bond donors (Lipinski definition) is 2. The number of rotatable bonds is 2. The molecule has 0 heterocycles. The average Bonchev–Trinajstić information content (AvgIpc) is 2.17. The van der Waals surface area contributed by atoms with Crippen LogP contribution in [0.15, 0.2) is 29.2 Å². The highest BCUT2D eigenvalue weighted by molar-refractivity contribution is 7.85. The number of carboxylic acids is 1. The molecule has 5 nitrogen and oxygen atoms in total. The number of aliphatic carboxylic acids is 1. The van der Waals surface area contributed by atoms with Crippen LogP contribution in [0.1, 0.15) is 19.4 Å². The molecule has 0 aliphatic heterocycles. The fraction of sp³-hybridized carbons (Fsp3) is 0.364. The molecule has 17 heavy (non-hydrogen) atoms. The first-order valence-corrected chi connectivity index (χ1v) is 6.35. The summed E-state index contributed by atoms with van der Waals surface area (Å²) in [7, 11) is -4.02. The van der Waals surface area contributed by atoms with Crippen molar-refractivity contribution < 1.29 is 22.9 Å². The van der Waals surface area contributed by atoms with Gasteiger partial charge in [0, 0.05) is 0 Å². The van der Waals surface area contributed by atoms with E-state index in [0.29, 0.717) is 0 Å². The fourth-order valence-electron chi connectivity index (χ4n) is 0.710. The van der Waals surface area contributed by atoms with Crippen LogP contribution in [0.2, 0.25) is 0 Å². The lowest BCUT2D eigenvalue weighted by Gasteiger charge is -1.95. The van der Waals surface area contributed by atoms with E-state index in [4.69, 9.17) is 9.66 Å². The number of carbonyl (C=O) groups is 1. The summed E-state index contributed by atoms with van der Waals surface area (Å²) in [6.45, 7) is 5.12. The number of aryl methyl sites for hydroxylation is 1. The second-order valence-electron chi connectivity index (χ2n) is 3.78. The molecule has 6 heteroatoms. The minimum atomic E-state index is -4.02. The van der Waals surface area contributed by atoms with Crippen molar-refractivity contribution in [2.24, 2.45) is 5.92 Å². The van der Waals surface area contributed by atoms with Crippen molar-refractivity contribution in [1.82, 2.24) is 0 Å². The van der Waals surface area contributed by atoms with Crippen molar-refractivity contribution in [3.05, 3.63) is 29.8 Å². The Bertz CT molecular complexity index is 459. The molecule has 0 saturated heterocycles. The molecule has 0 aromatic heterocycles. The molecule has 1 aromatic rings. The Morgan fingerprint density at radius 1 is 1.18 bits per heavy atom. The molecule has 2 N–H and O–H groups in total. The van der Waals surface area contributed by atoms with E-state index in [9.17, 15) is 13.2 Å². The Morgan fingerprint density at radius 3 is 1.76 bits per heavy atom. The second kappa shape index (κ2) is 6.36. The van der Waals surface area contributed by atoms with Crippen LogP contribution >= 0.6 is 0 Å². The molecular formula is C11H16O5S. The third-order valence-corrected chi connectivity index (χ3v) is 2.68. The van der Waals surface area contributed by atoms with Crippen molar-refractivity contribution in [3.63, 3.8) is 0 Å². The minimum absolute atomic E-state index is 0.0666. The van der Waals surface area contributed by atoms with Crippen LogP contribution in [0.3, 0.4) is 0 Å². The molecular weight excluding hydrogens is 244 g/mol. The van der Waals surface area contributed by atoms with E-state index in [1.54, 1.807) is 26.0 Å². The summed E-state index contributed by atoms with van der Waals surface area (Å²) >= 11 is 0. The van der Waals surface area contributed by atoms with Gasteiger partial charge in [-0.2, -0.15) is 8.42 Å². The van der Waals surface area contributed by atoms with Gasteiger partial charge in [0.15, 0.2) is 0 Å². The van der Waals surface area contributed by atoms with E-state index in [2.05, 4.69) is 0 Å². The van der Waals surface area contributed by atoms with Crippen LogP contribution in [0.4, 0.5) is 0 Å². The Kier molecular flexibility index (Phi) is 5.84. The Balaban J connectivity index is 0.000000366. The van der Waals surface area contributed by atoms with Crippen molar-refractivity contribution in [2.75, 3.05) is 0 Å². The van der Waals surface area contributed by atoms with Gasteiger partial charge in [-0.25, -0.2) is 0 Å².